The van der Waals surface area contributed by atoms with E-state index < -0.39 is 5.60 Å². The molecule has 0 amide bonds. The van der Waals surface area contributed by atoms with Crippen molar-refractivity contribution in [3.63, 3.8) is 0 Å². The van der Waals surface area contributed by atoms with Crippen LogP contribution in [0.15, 0.2) is 35.5 Å². The molecule has 0 spiro atoms. The Morgan fingerprint density at radius 3 is 2.12 bits per heavy atom. The minimum Gasteiger partial charge on any atom is -0.386 e. The summed E-state index contributed by atoms with van der Waals surface area (Å²) >= 11 is 0. The molecule has 0 rings (SSSR count). The highest BCUT2D eigenvalue weighted by molar-refractivity contribution is 5.32. The summed E-state index contributed by atoms with van der Waals surface area (Å²) in [4.78, 5) is 0. The summed E-state index contributed by atoms with van der Waals surface area (Å²) in [6, 6.07) is 0. The van der Waals surface area contributed by atoms with E-state index in [2.05, 4.69) is 32.9 Å². The van der Waals surface area contributed by atoms with E-state index >= 15 is 0 Å². The van der Waals surface area contributed by atoms with Gasteiger partial charge in [-0.05, 0) is 45.6 Å². The van der Waals surface area contributed by atoms with E-state index in [9.17, 15) is 5.11 Å². The fourth-order valence-corrected chi connectivity index (χ4v) is 1.68. The normalized spacial score (nSPS) is 16.6. The van der Waals surface area contributed by atoms with Crippen molar-refractivity contribution in [1.29, 1.82) is 0 Å². The van der Waals surface area contributed by atoms with Gasteiger partial charge in [-0.1, -0.05) is 50.1 Å². The van der Waals surface area contributed by atoms with Crippen LogP contribution in [0.1, 0.15) is 54.4 Å². The lowest BCUT2D eigenvalue weighted by atomic mass is 9.94. The number of hydrogen-bond acceptors (Lipinski definition) is 1. The molecule has 1 atom stereocenters. The molecule has 1 N–H and O–H groups in total. The lowest BCUT2D eigenvalue weighted by Gasteiger charge is -2.19. The quantitative estimate of drug-likeness (QED) is 0.666. The van der Waals surface area contributed by atoms with Crippen LogP contribution in [0.4, 0.5) is 0 Å². The molecule has 0 aromatic carbocycles. The van der Waals surface area contributed by atoms with Crippen LogP contribution in [-0.2, 0) is 0 Å². The van der Waals surface area contributed by atoms with E-state index in [4.69, 9.17) is 0 Å². The minimum atomic E-state index is -0.763. The first kappa shape index (κ1) is 16.2. The van der Waals surface area contributed by atoms with Gasteiger partial charge in [0.1, 0.15) is 0 Å². The molecule has 1 unspecified atom stereocenters. The zero-order valence-corrected chi connectivity index (χ0v) is 12.2. The first-order valence-electron chi connectivity index (χ1n) is 6.57. The Balaban J connectivity index is 4.69. The maximum absolute atomic E-state index is 9.95. The van der Waals surface area contributed by atoms with E-state index in [1.807, 2.05) is 32.9 Å². The predicted molar refractivity (Wildman–Crippen MR) is 77.0 cm³/mol. The van der Waals surface area contributed by atoms with Crippen LogP contribution in [0.2, 0.25) is 0 Å². The monoisotopic (exact) mass is 236 g/mol. The van der Waals surface area contributed by atoms with Crippen molar-refractivity contribution in [2.24, 2.45) is 5.92 Å². The van der Waals surface area contributed by atoms with Crippen LogP contribution in [0.25, 0.3) is 0 Å². The van der Waals surface area contributed by atoms with Crippen molar-refractivity contribution in [1.82, 2.24) is 0 Å². The third-order valence-corrected chi connectivity index (χ3v) is 3.15. The van der Waals surface area contributed by atoms with Gasteiger partial charge in [0, 0.05) is 0 Å². The van der Waals surface area contributed by atoms with Crippen molar-refractivity contribution < 1.29 is 5.11 Å². The highest BCUT2D eigenvalue weighted by Gasteiger charge is 2.15. The molecule has 0 aromatic heterocycles. The van der Waals surface area contributed by atoms with E-state index in [-0.39, 0.29) is 0 Å². The van der Waals surface area contributed by atoms with Crippen molar-refractivity contribution in [3.8, 4) is 0 Å². The number of allylic oxidation sites excluding steroid dienone is 4. The van der Waals surface area contributed by atoms with Gasteiger partial charge in [-0.2, -0.15) is 0 Å². The van der Waals surface area contributed by atoms with E-state index in [0.29, 0.717) is 5.92 Å². The molecule has 0 heterocycles. The standard InChI is InChI=1S/C16H28O/c1-7-13(4)12-14(8-2)10-11-15(9-3)16(5,6)17/h8-11,13,17H,7,12H2,1-6H3/b11-10-,14-8+,15-9+. The van der Waals surface area contributed by atoms with Crippen LogP contribution in [0.3, 0.4) is 0 Å². The third kappa shape index (κ3) is 6.48. The van der Waals surface area contributed by atoms with Crippen molar-refractivity contribution in [2.45, 2.75) is 60.0 Å². The van der Waals surface area contributed by atoms with Crippen LogP contribution in [-0.4, -0.2) is 10.7 Å². The average molecular weight is 236 g/mol. The molecular weight excluding hydrogens is 208 g/mol. The first-order chi connectivity index (χ1) is 7.85. The largest absolute Gasteiger partial charge is 0.386 e. The van der Waals surface area contributed by atoms with Crippen molar-refractivity contribution in [3.05, 3.63) is 35.5 Å². The number of rotatable bonds is 6. The summed E-state index contributed by atoms with van der Waals surface area (Å²) < 4.78 is 0. The Bertz CT molecular complexity index is 300. The lowest BCUT2D eigenvalue weighted by molar-refractivity contribution is 0.123. The van der Waals surface area contributed by atoms with E-state index in [1.165, 1.54) is 12.0 Å². The summed E-state index contributed by atoms with van der Waals surface area (Å²) in [5.41, 5.74) is 1.53. The Hall–Kier alpha value is -0.820. The second-order valence-electron chi connectivity index (χ2n) is 5.22. The second kappa shape index (κ2) is 7.50. The fourth-order valence-electron chi connectivity index (χ4n) is 1.68. The predicted octanol–water partition coefficient (Wildman–Crippen LogP) is 4.64. The molecule has 0 aliphatic carbocycles. The van der Waals surface area contributed by atoms with Crippen LogP contribution < -0.4 is 0 Å². The number of hydrogen-bond donors (Lipinski definition) is 1. The summed E-state index contributed by atoms with van der Waals surface area (Å²) in [6.45, 7) is 12.1. The highest BCUT2D eigenvalue weighted by Crippen LogP contribution is 2.20. The zero-order chi connectivity index (χ0) is 13.5. The Kier molecular flexibility index (Phi) is 7.13. The summed E-state index contributed by atoms with van der Waals surface area (Å²) in [7, 11) is 0. The maximum Gasteiger partial charge on any atom is 0.0837 e. The number of aliphatic hydroxyl groups is 1. The molecule has 98 valence electrons. The smallest absolute Gasteiger partial charge is 0.0837 e. The molecule has 0 aliphatic heterocycles. The van der Waals surface area contributed by atoms with Gasteiger partial charge in [0.05, 0.1) is 5.60 Å². The maximum atomic E-state index is 9.95. The van der Waals surface area contributed by atoms with Gasteiger partial charge >= 0.3 is 0 Å². The summed E-state index contributed by atoms with van der Waals surface area (Å²) in [5, 5.41) is 9.95. The molecule has 0 fully saturated rings. The molecule has 0 aromatic rings. The molecular formula is C16H28O. The van der Waals surface area contributed by atoms with Gasteiger partial charge in [-0.3, -0.25) is 0 Å². The Morgan fingerprint density at radius 1 is 1.18 bits per heavy atom. The lowest BCUT2D eigenvalue weighted by Crippen LogP contribution is -2.20. The molecule has 0 saturated heterocycles. The van der Waals surface area contributed by atoms with E-state index in [1.54, 1.807) is 0 Å². The van der Waals surface area contributed by atoms with E-state index in [0.717, 1.165) is 12.0 Å². The summed E-state index contributed by atoms with van der Waals surface area (Å²) in [6.07, 6.45) is 10.6. The van der Waals surface area contributed by atoms with Gasteiger partial charge < -0.3 is 5.11 Å². The zero-order valence-electron chi connectivity index (χ0n) is 12.2. The fraction of sp³-hybridized carbons (Fsp3) is 0.625. The Labute approximate surface area is 107 Å². The van der Waals surface area contributed by atoms with Crippen LogP contribution >= 0.6 is 0 Å². The van der Waals surface area contributed by atoms with Crippen molar-refractivity contribution in [2.75, 3.05) is 0 Å². The van der Waals surface area contributed by atoms with Gasteiger partial charge in [-0.15, -0.1) is 0 Å². The van der Waals surface area contributed by atoms with Gasteiger partial charge in [0.15, 0.2) is 0 Å². The SMILES string of the molecule is C\C=C(/C=C\C(=C/C)C(C)(C)O)CC(C)CC. The van der Waals surface area contributed by atoms with Gasteiger partial charge in [0.2, 0.25) is 0 Å². The Morgan fingerprint density at radius 2 is 1.76 bits per heavy atom. The second-order valence-corrected chi connectivity index (χ2v) is 5.22. The minimum absolute atomic E-state index is 0.710. The molecule has 0 radical (unpaired) electrons. The summed E-state index contributed by atoms with van der Waals surface area (Å²) in [5.74, 6) is 0.710. The molecule has 17 heavy (non-hydrogen) atoms. The van der Waals surface area contributed by atoms with Crippen molar-refractivity contribution >= 4 is 0 Å². The van der Waals surface area contributed by atoms with Crippen LogP contribution in [0.5, 0.6) is 0 Å². The van der Waals surface area contributed by atoms with Gasteiger partial charge in [-0.25, -0.2) is 0 Å². The molecule has 1 nitrogen and oxygen atoms in total. The first-order valence-corrected chi connectivity index (χ1v) is 6.57. The van der Waals surface area contributed by atoms with Gasteiger partial charge in [0.25, 0.3) is 0 Å². The highest BCUT2D eigenvalue weighted by atomic mass is 16.3. The third-order valence-electron chi connectivity index (χ3n) is 3.15. The molecule has 0 aliphatic rings. The molecule has 1 heteroatoms. The topological polar surface area (TPSA) is 20.2 Å². The van der Waals surface area contributed by atoms with Crippen LogP contribution in [0, 0.1) is 5.92 Å². The average Bonchev–Trinajstić information content (AvgIpc) is 2.26. The molecule has 0 bridgehead atoms. The molecule has 0 saturated carbocycles.